The van der Waals surface area contributed by atoms with E-state index >= 15 is 0 Å². The molecule has 19 heavy (non-hydrogen) atoms. The Hall–Kier alpha value is -0.890. The molecule has 3 heteroatoms. The highest BCUT2D eigenvalue weighted by molar-refractivity contribution is 6.17. The monoisotopic (exact) mass is 282 g/mol. The lowest BCUT2D eigenvalue weighted by molar-refractivity contribution is 0.129. The first-order valence-electron chi connectivity index (χ1n) is 7.21. The van der Waals surface area contributed by atoms with Gasteiger partial charge >= 0.3 is 0 Å². The largest absolute Gasteiger partial charge is 0.490 e. The lowest BCUT2D eigenvalue weighted by atomic mass is 9.89. The van der Waals surface area contributed by atoms with E-state index in [9.17, 15) is 0 Å². The predicted octanol–water partition coefficient (Wildman–Crippen LogP) is 4.78. The van der Waals surface area contributed by atoms with Crippen molar-refractivity contribution in [2.45, 2.75) is 51.5 Å². The predicted molar refractivity (Wildman–Crippen MR) is 79.2 cm³/mol. The molecule has 106 valence electrons. The summed E-state index contributed by atoms with van der Waals surface area (Å²) in [5, 5.41) is 0. The number of ether oxygens (including phenoxy) is 2. The number of rotatable bonds is 5. The minimum Gasteiger partial charge on any atom is -0.490 e. The van der Waals surface area contributed by atoms with E-state index in [1.165, 1.54) is 12.8 Å². The number of hydrogen-bond acceptors (Lipinski definition) is 2. The molecule has 2 rings (SSSR count). The maximum Gasteiger partial charge on any atom is 0.165 e. The highest BCUT2D eigenvalue weighted by Gasteiger charge is 2.22. The van der Waals surface area contributed by atoms with Crippen LogP contribution in [0.5, 0.6) is 11.5 Å². The second kappa shape index (κ2) is 7.04. The van der Waals surface area contributed by atoms with Crippen LogP contribution in [-0.4, -0.2) is 12.7 Å². The molecular formula is C16H23ClO2. The molecule has 1 aromatic rings. The fourth-order valence-corrected chi connectivity index (χ4v) is 2.79. The van der Waals surface area contributed by atoms with Crippen molar-refractivity contribution < 1.29 is 9.47 Å². The Kier molecular flexibility index (Phi) is 5.38. The summed E-state index contributed by atoms with van der Waals surface area (Å²) in [6.45, 7) is 4.94. The molecule has 1 saturated carbocycles. The van der Waals surface area contributed by atoms with Crippen molar-refractivity contribution in [3.8, 4) is 11.5 Å². The zero-order valence-corrected chi connectivity index (χ0v) is 12.6. The van der Waals surface area contributed by atoms with E-state index in [4.69, 9.17) is 21.1 Å². The van der Waals surface area contributed by atoms with E-state index in [1.807, 2.05) is 25.1 Å². The molecule has 0 atom stereocenters. The third-order valence-electron chi connectivity index (χ3n) is 3.75. The first kappa shape index (κ1) is 14.5. The molecule has 0 spiro atoms. The summed E-state index contributed by atoms with van der Waals surface area (Å²) in [5.74, 6) is 2.95. The standard InChI is InChI=1S/C16H23ClO2/c1-3-18-15-6-4-5-13(11-17)16(15)19-14-9-7-12(2)8-10-14/h4-6,12,14H,3,7-11H2,1-2H3. The van der Waals surface area contributed by atoms with Gasteiger partial charge in [-0.05, 0) is 44.6 Å². The number of hydrogen-bond donors (Lipinski definition) is 0. The lowest BCUT2D eigenvalue weighted by Gasteiger charge is -2.28. The molecule has 1 aliphatic rings. The van der Waals surface area contributed by atoms with E-state index in [0.29, 0.717) is 18.6 Å². The van der Waals surface area contributed by atoms with Crippen molar-refractivity contribution in [3.05, 3.63) is 23.8 Å². The fraction of sp³-hybridized carbons (Fsp3) is 0.625. The average Bonchev–Trinajstić information content (AvgIpc) is 2.43. The highest BCUT2D eigenvalue weighted by Crippen LogP contribution is 2.36. The summed E-state index contributed by atoms with van der Waals surface area (Å²) >= 11 is 6.01. The molecule has 0 radical (unpaired) electrons. The lowest BCUT2D eigenvalue weighted by Crippen LogP contribution is -2.23. The Labute approximate surface area is 121 Å². The van der Waals surface area contributed by atoms with E-state index in [1.54, 1.807) is 0 Å². The summed E-state index contributed by atoms with van der Waals surface area (Å²) in [7, 11) is 0. The summed E-state index contributed by atoms with van der Waals surface area (Å²) < 4.78 is 11.9. The van der Waals surface area contributed by atoms with Crippen molar-refractivity contribution in [1.29, 1.82) is 0 Å². The summed E-state index contributed by atoms with van der Waals surface area (Å²) in [5.41, 5.74) is 1.02. The maximum atomic E-state index is 6.20. The summed E-state index contributed by atoms with van der Waals surface area (Å²) in [6.07, 6.45) is 5.06. The molecule has 2 nitrogen and oxygen atoms in total. The maximum absolute atomic E-state index is 6.20. The normalized spacial score (nSPS) is 23.1. The van der Waals surface area contributed by atoms with Crippen LogP contribution in [0.4, 0.5) is 0 Å². The highest BCUT2D eigenvalue weighted by atomic mass is 35.5. The van der Waals surface area contributed by atoms with E-state index < -0.39 is 0 Å². The van der Waals surface area contributed by atoms with Gasteiger partial charge in [-0.3, -0.25) is 0 Å². The first-order chi connectivity index (χ1) is 9.24. The zero-order valence-electron chi connectivity index (χ0n) is 11.8. The topological polar surface area (TPSA) is 18.5 Å². The van der Waals surface area contributed by atoms with Crippen LogP contribution in [0.15, 0.2) is 18.2 Å². The van der Waals surface area contributed by atoms with Crippen molar-refractivity contribution >= 4 is 11.6 Å². The summed E-state index contributed by atoms with van der Waals surface area (Å²) in [6, 6.07) is 5.94. The smallest absolute Gasteiger partial charge is 0.165 e. The molecule has 0 bridgehead atoms. The number of benzene rings is 1. The number of para-hydroxylation sites is 1. The van der Waals surface area contributed by atoms with Gasteiger partial charge in [0, 0.05) is 5.56 Å². The van der Waals surface area contributed by atoms with Crippen molar-refractivity contribution in [1.82, 2.24) is 0 Å². The molecule has 0 unspecified atom stereocenters. The Morgan fingerprint density at radius 3 is 2.58 bits per heavy atom. The molecule has 0 aromatic heterocycles. The third-order valence-corrected chi connectivity index (χ3v) is 4.04. The fourth-order valence-electron chi connectivity index (χ4n) is 2.58. The van der Waals surface area contributed by atoms with Gasteiger partial charge in [-0.2, -0.15) is 0 Å². The van der Waals surface area contributed by atoms with E-state index in [0.717, 1.165) is 35.8 Å². The van der Waals surface area contributed by atoms with Crippen LogP contribution in [0.2, 0.25) is 0 Å². The van der Waals surface area contributed by atoms with Gasteiger partial charge in [0.1, 0.15) is 0 Å². The average molecular weight is 283 g/mol. The van der Waals surface area contributed by atoms with Gasteiger partial charge in [0.15, 0.2) is 11.5 Å². The first-order valence-corrected chi connectivity index (χ1v) is 7.75. The Balaban J connectivity index is 2.12. The van der Waals surface area contributed by atoms with Gasteiger partial charge in [-0.15, -0.1) is 11.6 Å². The van der Waals surface area contributed by atoms with E-state index in [2.05, 4.69) is 6.92 Å². The van der Waals surface area contributed by atoms with Gasteiger partial charge in [-0.25, -0.2) is 0 Å². The minimum absolute atomic E-state index is 0.305. The van der Waals surface area contributed by atoms with Gasteiger partial charge in [0.05, 0.1) is 18.6 Å². The van der Waals surface area contributed by atoms with Crippen LogP contribution in [0.25, 0.3) is 0 Å². The van der Waals surface area contributed by atoms with Crippen molar-refractivity contribution in [2.24, 2.45) is 5.92 Å². The van der Waals surface area contributed by atoms with Crippen molar-refractivity contribution in [3.63, 3.8) is 0 Å². The van der Waals surface area contributed by atoms with Crippen LogP contribution in [0.3, 0.4) is 0 Å². The van der Waals surface area contributed by atoms with Crippen LogP contribution >= 0.6 is 11.6 Å². The molecule has 0 saturated heterocycles. The van der Waals surface area contributed by atoms with Gasteiger partial charge in [0.2, 0.25) is 0 Å². The van der Waals surface area contributed by atoms with Gasteiger partial charge < -0.3 is 9.47 Å². The third kappa shape index (κ3) is 3.79. The van der Waals surface area contributed by atoms with Gasteiger partial charge in [0.25, 0.3) is 0 Å². The minimum atomic E-state index is 0.305. The van der Waals surface area contributed by atoms with Gasteiger partial charge in [-0.1, -0.05) is 19.1 Å². The second-order valence-electron chi connectivity index (χ2n) is 5.31. The zero-order chi connectivity index (χ0) is 13.7. The van der Waals surface area contributed by atoms with Crippen LogP contribution in [0, 0.1) is 5.92 Å². The Morgan fingerprint density at radius 2 is 1.95 bits per heavy atom. The molecule has 0 amide bonds. The van der Waals surface area contributed by atoms with Crippen LogP contribution in [0.1, 0.15) is 45.1 Å². The number of halogens is 1. The van der Waals surface area contributed by atoms with Crippen molar-refractivity contribution in [2.75, 3.05) is 6.61 Å². The SMILES string of the molecule is CCOc1cccc(CCl)c1OC1CCC(C)CC1. The molecule has 1 aliphatic carbocycles. The Bertz CT molecular complexity index is 398. The van der Waals surface area contributed by atoms with Crippen LogP contribution < -0.4 is 9.47 Å². The number of alkyl halides is 1. The molecule has 0 aliphatic heterocycles. The Morgan fingerprint density at radius 1 is 1.21 bits per heavy atom. The molecular weight excluding hydrogens is 260 g/mol. The van der Waals surface area contributed by atoms with Crippen LogP contribution in [-0.2, 0) is 5.88 Å². The van der Waals surface area contributed by atoms with E-state index in [-0.39, 0.29) is 0 Å². The second-order valence-corrected chi connectivity index (χ2v) is 5.58. The summed E-state index contributed by atoms with van der Waals surface area (Å²) in [4.78, 5) is 0. The quantitative estimate of drug-likeness (QED) is 0.724. The molecule has 1 fully saturated rings. The molecule has 0 heterocycles. The molecule has 0 N–H and O–H groups in total. The molecule has 1 aromatic carbocycles.